The lowest BCUT2D eigenvalue weighted by atomic mass is 10.2. The van der Waals surface area contributed by atoms with E-state index in [0.29, 0.717) is 18.4 Å². The molecule has 0 aliphatic heterocycles. The molecule has 1 aromatic rings. The molecule has 8 heteroatoms. The van der Waals surface area contributed by atoms with E-state index in [1.165, 1.54) is 12.1 Å². The van der Waals surface area contributed by atoms with Crippen LogP contribution in [0.25, 0.3) is 0 Å². The highest BCUT2D eigenvalue weighted by atomic mass is 79.9. The molecule has 2 unspecified atom stereocenters. The van der Waals surface area contributed by atoms with Gasteiger partial charge in [-0.25, -0.2) is 13.6 Å². The third-order valence-corrected chi connectivity index (χ3v) is 5.94. The van der Waals surface area contributed by atoms with Crippen molar-refractivity contribution in [3.63, 3.8) is 0 Å². The van der Waals surface area contributed by atoms with Crippen LogP contribution in [0.2, 0.25) is 5.02 Å². The average molecular weight is 382 g/mol. The Morgan fingerprint density at radius 3 is 2.65 bits per heavy atom. The molecule has 5 nitrogen and oxygen atoms in total. The molecule has 0 bridgehead atoms. The molecule has 0 heterocycles. The van der Waals surface area contributed by atoms with E-state index in [1.54, 1.807) is 0 Å². The minimum absolute atomic E-state index is 0.126. The van der Waals surface area contributed by atoms with Crippen LogP contribution in [0.3, 0.4) is 0 Å². The Morgan fingerprint density at radius 2 is 2.15 bits per heavy atom. The van der Waals surface area contributed by atoms with Crippen molar-refractivity contribution in [1.82, 2.24) is 5.32 Å². The van der Waals surface area contributed by atoms with Gasteiger partial charge in [-0.1, -0.05) is 18.5 Å². The number of carbonyl (C=O) groups is 1. The quantitative estimate of drug-likeness (QED) is 0.837. The third-order valence-electron chi connectivity index (χ3n) is 3.36. The third kappa shape index (κ3) is 3.52. The maximum Gasteiger partial charge on any atom is 0.251 e. The monoisotopic (exact) mass is 380 g/mol. The summed E-state index contributed by atoms with van der Waals surface area (Å²) in [5, 5.41) is 7.99. The van der Waals surface area contributed by atoms with Crippen molar-refractivity contribution in [3.05, 3.63) is 27.2 Å². The van der Waals surface area contributed by atoms with Gasteiger partial charge in [-0.3, -0.25) is 4.79 Å². The van der Waals surface area contributed by atoms with Crippen LogP contribution in [0.15, 0.2) is 21.5 Å². The molecule has 20 heavy (non-hydrogen) atoms. The summed E-state index contributed by atoms with van der Waals surface area (Å²) in [5.74, 6) is 0.773. The van der Waals surface area contributed by atoms with Crippen molar-refractivity contribution in [2.45, 2.75) is 18.2 Å². The van der Waals surface area contributed by atoms with Crippen molar-refractivity contribution >= 4 is 43.5 Å². The molecule has 0 aromatic heterocycles. The second kappa shape index (κ2) is 5.63. The zero-order valence-electron chi connectivity index (χ0n) is 10.7. The molecular weight excluding hydrogens is 368 g/mol. The average Bonchev–Trinajstić information content (AvgIpc) is 3.04. The molecule has 110 valence electrons. The largest absolute Gasteiger partial charge is 0.352 e. The molecule has 2 atom stereocenters. The Hall–Kier alpha value is -0.630. The molecule has 1 fully saturated rings. The second-order valence-corrected chi connectivity index (χ2v) is 7.73. The van der Waals surface area contributed by atoms with E-state index in [9.17, 15) is 13.2 Å². The van der Waals surface area contributed by atoms with Crippen LogP contribution in [0.5, 0.6) is 0 Å². The van der Waals surface area contributed by atoms with Crippen LogP contribution in [0.4, 0.5) is 0 Å². The summed E-state index contributed by atoms with van der Waals surface area (Å²) in [6.45, 7) is 2.70. The van der Waals surface area contributed by atoms with Gasteiger partial charge < -0.3 is 5.32 Å². The number of carbonyl (C=O) groups excluding carboxylic acids is 1. The maximum atomic E-state index is 12.0. The van der Waals surface area contributed by atoms with Gasteiger partial charge in [-0.2, -0.15) is 0 Å². The van der Waals surface area contributed by atoms with E-state index in [1.807, 2.05) is 0 Å². The Morgan fingerprint density at radius 1 is 1.55 bits per heavy atom. The van der Waals surface area contributed by atoms with Gasteiger partial charge in [0, 0.05) is 12.1 Å². The molecule has 1 aliphatic carbocycles. The summed E-state index contributed by atoms with van der Waals surface area (Å²) in [6, 6.07) is 2.63. The van der Waals surface area contributed by atoms with E-state index in [2.05, 4.69) is 28.2 Å². The molecule has 1 aliphatic rings. The number of halogens is 2. The van der Waals surface area contributed by atoms with E-state index in [0.717, 1.165) is 6.42 Å². The van der Waals surface area contributed by atoms with Crippen molar-refractivity contribution in [2.75, 3.05) is 6.54 Å². The molecule has 0 spiro atoms. The summed E-state index contributed by atoms with van der Waals surface area (Å²) in [7, 11) is -3.95. The van der Waals surface area contributed by atoms with Crippen LogP contribution in [-0.4, -0.2) is 20.9 Å². The Bertz CT molecular complexity index is 663. The summed E-state index contributed by atoms with van der Waals surface area (Å²) in [6.07, 6.45) is 1.10. The van der Waals surface area contributed by atoms with E-state index in [4.69, 9.17) is 16.7 Å². The Kier molecular flexibility index (Phi) is 4.44. The number of rotatable bonds is 4. The van der Waals surface area contributed by atoms with Crippen LogP contribution in [-0.2, 0) is 10.0 Å². The fraction of sp³-hybridized carbons (Fsp3) is 0.417. The smallest absolute Gasteiger partial charge is 0.251 e. The van der Waals surface area contributed by atoms with Crippen LogP contribution >= 0.6 is 27.5 Å². The van der Waals surface area contributed by atoms with Gasteiger partial charge >= 0.3 is 0 Å². The first-order valence-electron chi connectivity index (χ1n) is 6.00. The first-order chi connectivity index (χ1) is 9.20. The molecule has 0 radical (unpaired) electrons. The zero-order valence-corrected chi connectivity index (χ0v) is 13.8. The Balaban J connectivity index is 2.23. The fourth-order valence-corrected chi connectivity index (χ4v) is 3.74. The summed E-state index contributed by atoms with van der Waals surface area (Å²) in [5.41, 5.74) is 0.176. The van der Waals surface area contributed by atoms with Gasteiger partial charge in [-0.05, 0) is 46.3 Å². The van der Waals surface area contributed by atoms with Crippen molar-refractivity contribution in [2.24, 2.45) is 17.0 Å². The van der Waals surface area contributed by atoms with Crippen LogP contribution in [0.1, 0.15) is 23.7 Å². The normalized spacial score (nSPS) is 21.6. The van der Waals surface area contributed by atoms with Gasteiger partial charge in [0.15, 0.2) is 0 Å². The lowest BCUT2D eigenvalue weighted by molar-refractivity contribution is 0.0951. The fourth-order valence-electron chi connectivity index (χ4n) is 1.91. The highest BCUT2D eigenvalue weighted by Crippen LogP contribution is 2.37. The highest BCUT2D eigenvalue weighted by molar-refractivity contribution is 9.10. The molecule has 1 amide bonds. The van der Waals surface area contributed by atoms with Gasteiger partial charge in [0.2, 0.25) is 10.0 Å². The number of nitrogens with two attached hydrogens (primary N) is 1. The molecule has 1 aromatic carbocycles. The predicted octanol–water partition coefficient (Wildman–Crippen LogP) is 2.14. The molecule has 0 saturated heterocycles. The van der Waals surface area contributed by atoms with Crippen LogP contribution in [0, 0.1) is 11.8 Å². The first-order valence-corrected chi connectivity index (χ1v) is 8.72. The minimum Gasteiger partial charge on any atom is -0.352 e. The SMILES string of the molecule is CC1CC1CNC(=O)c1cc(Cl)c(Br)c(S(N)(=O)=O)c1. The van der Waals surface area contributed by atoms with Crippen molar-refractivity contribution < 1.29 is 13.2 Å². The number of hydrogen-bond donors (Lipinski definition) is 2. The summed E-state index contributed by atoms with van der Waals surface area (Å²) < 4.78 is 23.1. The predicted molar refractivity (Wildman–Crippen MR) is 80.1 cm³/mol. The van der Waals surface area contributed by atoms with Gasteiger partial charge in [0.1, 0.15) is 0 Å². The van der Waals surface area contributed by atoms with E-state index < -0.39 is 10.0 Å². The minimum atomic E-state index is -3.95. The molecular formula is C12H14BrClN2O3S. The number of benzene rings is 1. The summed E-state index contributed by atoms with van der Waals surface area (Å²) >= 11 is 8.98. The van der Waals surface area contributed by atoms with Gasteiger partial charge in [-0.15, -0.1) is 0 Å². The Labute approximate surface area is 131 Å². The topological polar surface area (TPSA) is 89.3 Å². The summed E-state index contributed by atoms with van der Waals surface area (Å²) in [4.78, 5) is 11.8. The van der Waals surface area contributed by atoms with Crippen molar-refractivity contribution in [1.29, 1.82) is 0 Å². The second-order valence-electron chi connectivity index (χ2n) is 5.00. The van der Waals surface area contributed by atoms with E-state index in [-0.39, 0.29) is 25.9 Å². The van der Waals surface area contributed by atoms with E-state index >= 15 is 0 Å². The number of primary sulfonamides is 1. The number of nitrogens with one attached hydrogen (secondary N) is 1. The standard InChI is InChI=1S/C12H14BrClN2O3S/c1-6-2-8(6)5-16-12(17)7-3-9(14)11(13)10(4-7)20(15,18)19/h3-4,6,8H,2,5H2,1H3,(H,16,17)(H2,15,18,19). The number of hydrogen-bond acceptors (Lipinski definition) is 3. The van der Waals surface area contributed by atoms with Crippen LogP contribution < -0.4 is 10.5 Å². The molecule has 2 rings (SSSR count). The molecule has 3 N–H and O–H groups in total. The lowest BCUT2D eigenvalue weighted by Crippen LogP contribution is -2.26. The first kappa shape index (κ1) is 15.8. The van der Waals surface area contributed by atoms with Gasteiger partial charge in [0.25, 0.3) is 5.91 Å². The van der Waals surface area contributed by atoms with Gasteiger partial charge in [0.05, 0.1) is 14.4 Å². The highest BCUT2D eigenvalue weighted by Gasteiger charge is 2.32. The number of amides is 1. The maximum absolute atomic E-state index is 12.0. The lowest BCUT2D eigenvalue weighted by Gasteiger charge is -2.09. The number of sulfonamides is 1. The van der Waals surface area contributed by atoms with Crippen molar-refractivity contribution in [3.8, 4) is 0 Å². The zero-order chi connectivity index (χ0) is 15.1. The molecule has 1 saturated carbocycles.